The topological polar surface area (TPSA) is 18.5 Å². The molecule has 0 saturated heterocycles. The van der Waals surface area contributed by atoms with Crippen molar-refractivity contribution in [1.29, 1.82) is 0 Å². The van der Waals surface area contributed by atoms with Crippen LogP contribution in [0, 0.1) is 17.5 Å². The molecule has 31 heavy (non-hydrogen) atoms. The fourth-order valence-corrected chi connectivity index (χ4v) is 12.6. The van der Waals surface area contributed by atoms with E-state index in [2.05, 4.69) is 0 Å². The van der Waals surface area contributed by atoms with Gasteiger partial charge in [-0.3, -0.25) is 0 Å². The van der Waals surface area contributed by atoms with Crippen LogP contribution in [0.2, 0.25) is 0 Å². The van der Waals surface area contributed by atoms with Crippen molar-refractivity contribution in [1.82, 2.24) is 0 Å². The molecule has 0 amide bonds. The Morgan fingerprint density at radius 2 is 0.968 bits per heavy atom. The number of halogens is 3. The molecule has 0 N–H and O–H groups in total. The summed E-state index contributed by atoms with van der Waals surface area (Å²) in [5.41, 5.74) is 0. The summed E-state index contributed by atoms with van der Waals surface area (Å²) in [6.45, 7) is 0. The maximum atomic E-state index is 13.6. The number of benzene rings is 4. The molecule has 0 aliphatic heterocycles. The van der Waals surface area contributed by atoms with Crippen LogP contribution in [-0.4, -0.2) is 8.32 Å². The molecule has 0 spiro atoms. The van der Waals surface area contributed by atoms with Crippen LogP contribution in [0.25, 0.3) is 0 Å². The second-order valence-electron chi connectivity index (χ2n) is 6.89. The average Bonchev–Trinajstić information content (AvgIpc) is 2.82. The van der Waals surface area contributed by atoms with E-state index in [0.29, 0.717) is 0 Å². The predicted molar refractivity (Wildman–Crippen MR) is 112 cm³/mol. The molecule has 7 heteroatoms. The Morgan fingerprint density at radius 1 is 0.581 bits per heavy atom. The van der Waals surface area contributed by atoms with E-state index in [-0.39, 0.29) is 5.75 Å². The zero-order valence-corrected chi connectivity index (χ0v) is 20.4. The van der Waals surface area contributed by atoms with Crippen LogP contribution in [0.4, 0.5) is 13.2 Å². The van der Waals surface area contributed by atoms with Gasteiger partial charge in [0.1, 0.15) is 0 Å². The number of hydrogen-bond donors (Lipinski definition) is 0. The van der Waals surface area contributed by atoms with Gasteiger partial charge in [-0.2, -0.15) is 0 Å². The van der Waals surface area contributed by atoms with Gasteiger partial charge in [0.15, 0.2) is 0 Å². The van der Waals surface area contributed by atoms with Gasteiger partial charge < -0.3 is 0 Å². The molecule has 0 fully saturated rings. The van der Waals surface area contributed by atoms with Crippen LogP contribution in [0.15, 0.2) is 103 Å². The SMILES string of the molecule is Fc1cc([O][Zn][O][Si](c2ccccc2)(c2ccccc2)c2ccccc2)cc(F)c1F. The van der Waals surface area contributed by atoms with Crippen molar-refractivity contribution in [2.24, 2.45) is 0 Å². The third kappa shape index (κ3) is 4.49. The van der Waals surface area contributed by atoms with Gasteiger partial charge in [0, 0.05) is 0 Å². The Balaban J connectivity index is 1.75. The predicted octanol–water partition coefficient (Wildman–Crippen LogP) is 4.08. The second kappa shape index (κ2) is 9.60. The summed E-state index contributed by atoms with van der Waals surface area (Å²) in [4.78, 5) is 0. The molecule has 0 aromatic heterocycles. The Labute approximate surface area is 187 Å². The van der Waals surface area contributed by atoms with Crippen molar-refractivity contribution in [3.8, 4) is 5.75 Å². The molecule has 0 unspecified atom stereocenters. The molecule has 0 heterocycles. The van der Waals surface area contributed by atoms with E-state index in [1.165, 1.54) is 0 Å². The van der Waals surface area contributed by atoms with E-state index in [1.807, 2.05) is 91.0 Å². The number of hydrogen-bond acceptors (Lipinski definition) is 2. The summed E-state index contributed by atoms with van der Waals surface area (Å²) in [7, 11) is -2.92. The van der Waals surface area contributed by atoms with Crippen molar-refractivity contribution < 1.29 is 37.8 Å². The van der Waals surface area contributed by atoms with Gasteiger partial charge in [-0.05, 0) is 0 Å². The van der Waals surface area contributed by atoms with Gasteiger partial charge >= 0.3 is 188 Å². The van der Waals surface area contributed by atoms with Gasteiger partial charge in [-0.15, -0.1) is 0 Å². The normalized spacial score (nSPS) is 11.1. The van der Waals surface area contributed by atoms with Crippen molar-refractivity contribution in [3.63, 3.8) is 0 Å². The standard InChI is InChI=1S/C18H15OSi.C6H3F3O.Zn/c19-20(16-10-4-1-5-11-16,17-12-6-2-7-13-17)18-14-8-3-9-15-18;7-4-1-3(10)2-5(8)6(4)9;/h1-15H;1-2,10H;/q-1;;+2/p-1. The second-order valence-corrected chi connectivity index (χ2v) is 13.2. The summed E-state index contributed by atoms with van der Waals surface area (Å²) in [5, 5.41) is 3.12. The molecule has 4 aromatic carbocycles. The van der Waals surface area contributed by atoms with Crippen LogP contribution in [0.1, 0.15) is 0 Å². The van der Waals surface area contributed by atoms with Gasteiger partial charge in [0.2, 0.25) is 0 Å². The summed E-state index contributed by atoms with van der Waals surface area (Å²) in [6, 6.07) is 31.5. The van der Waals surface area contributed by atoms with Crippen molar-refractivity contribution in [3.05, 3.63) is 121 Å². The van der Waals surface area contributed by atoms with E-state index < -0.39 is 43.6 Å². The van der Waals surface area contributed by atoms with Crippen molar-refractivity contribution in [2.45, 2.75) is 0 Å². The van der Waals surface area contributed by atoms with Gasteiger partial charge in [0.05, 0.1) is 0 Å². The van der Waals surface area contributed by atoms with E-state index in [1.54, 1.807) is 0 Å². The Morgan fingerprint density at radius 3 is 1.35 bits per heavy atom. The Bertz CT molecular complexity index is 1030. The zero-order chi connectivity index (χ0) is 21.7. The van der Waals surface area contributed by atoms with Crippen LogP contribution >= 0.6 is 0 Å². The first-order valence-corrected chi connectivity index (χ1v) is 14.0. The molecular weight excluding hydrogens is 471 g/mol. The first-order chi connectivity index (χ1) is 15.1. The quantitative estimate of drug-likeness (QED) is 0.222. The monoisotopic (exact) mass is 486 g/mol. The summed E-state index contributed by atoms with van der Waals surface area (Å²) < 4.78 is 52.8. The molecule has 0 aliphatic rings. The van der Waals surface area contributed by atoms with Gasteiger partial charge in [-0.25, -0.2) is 0 Å². The molecule has 0 saturated carbocycles. The number of rotatable bonds is 7. The Kier molecular flexibility index (Phi) is 6.66. The van der Waals surface area contributed by atoms with E-state index in [4.69, 9.17) is 6.82 Å². The minimum atomic E-state index is -2.92. The van der Waals surface area contributed by atoms with Crippen molar-refractivity contribution >= 4 is 23.9 Å². The minimum absolute atomic E-state index is 0.0616. The molecular formula is C24H17F3O2SiZn. The van der Waals surface area contributed by atoms with E-state index in [9.17, 15) is 13.2 Å². The molecule has 0 aliphatic carbocycles. The Hall–Kier alpha value is -2.73. The van der Waals surface area contributed by atoms with E-state index in [0.717, 1.165) is 27.7 Å². The summed E-state index contributed by atoms with van der Waals surface area (Å²) in [6.07, 6.45) is 0. The third-order valence-electron chi connectivity index (χ3n) is 5.00. The fourth-order valence-electron chi connectivity index (χ4n) is 3.57. The molecule has 2 nitrogen and oxygen atoms in total. The summed E-state index contributed by atoms with van der Waals surface area (Å²) >= 11 is -2.28. The third-order valence-corrected chi connectivity index (χ3v) is 13.4. The average molecular weight is 488 g/mol. The van der Waals surface area contributed by atoms with Crippen LogP contribution in [-0.2, 0) is 21.1 Å². The molecule has 0 atom stereocenters. The molecule has 4 rings (SSSR count). The molecule has 4 aromatic rings. The van der Waals surface area contributed by atoms with Gasteiger partial charge in [0.25, 0.3) is 0 Å². The van der Waals surface area contributed by atoms with Crippen molar-refractivity contribution in [2.75, 3.05) is 0 Å². The molecule has 0 radical (unpaired) electrons. The summed E-state index contributed by atoms with van der Waals surface area (Å²) in [5.74, 6) is -4.14. The van der Waals surface area contributed by atoms with Crippen LogP contribution in [0.5, 0.6) is 5.75 Å². The molecule has 0 bridgehead atoms. The van der Waals surface area contributed by atoms with Crippen LogP contribution in [0.3, 0.4) is 0 Å². The fraction of sp³-hybridized carbons (Fsp3) is 0. The first kappa shape index (κ1) is 21.5. The molecule has 152 valence electrons. The first-order valence-electron chi connectivity index (χ1n) is 9.69. The van der Waals surface area contributed by atoms with E-state index >= 15 is 0 Å². The van der Waals surface area contributed by atoms with Gasteiger partial charge in [-0.1, -0.05) is 0 Å². The van der Waals surface area contributed by atoms with Crippen LogP contribution < -0.4 is 19.1 Å². The zero-order valence-electron chi connectivity index (χ0n) is 16.5. The maximum absolute atomic E-state index is 13.6.